The zero-order chi connectivity index (χ0) is 14.7. The summed E-state index contributed by atoms with van der Waals surface area (Å²) in [5.74, 6) is 1.21. The van der Waals surface area contributed by atoms with Crippen LogP contribution in [0.4, 0.5) is 5.69 Å². The smallest absolute Gasteiger partial charge is 0.265 e. The number of rotatable bonds is 5. The van der Waals surface area contributed by atoms with E-state index in [1.165, 1.54) is 0 Å². The van der Waals surface area contributed by atoms with Crippen LogP contribution in [-0.2, 0) is 4.79 Å². The van der Waals surface area contributed by atoms with Crippen molar-refractivity contribution in [2.75, 3.05) is 18.1 Å². The monoisotopic (exact) mass is 274 g/mol. The molecule has 1 unspecified atom stereocenters. The molecule has 1 aliphatic rings. The summed E-state index contributed by atoms with van der Waals surface area (Å²) in [6.07, 6.45) is 2.63. The molecule has 1 aliphatic heterocycles. The molecule has 1 heterocycles. The number of ether oxygens (including phenoxy) is 1. The van der Waals surface area contributed by atoms with Crippen LogP contribution in [0.1, 0.15) is 31.9 Å². The van der Waals surface area contributed by atoms with Crippen LogP contribution in [0, 0.1) is 5.92 Å². The summed E-state index contributed by atoms with van der Waals surface area (Å²) in [7, 11) is 0. The van der Waals surface area contributed by atoms with E-state index in [0.29, 0.717) is 12.5 Å². The van der Waals surface area contributed by atoms with Gasteiger partial charge in [0.1, 0.15) is 5.75 Å². The van der Waals surface area contributed by atoms with Crippen LogP contribution in [0.2, 0.25) is 0 Å². The molecule has 0 saturated carbocycles. The zero-order valence-corrected chi connectivity index (χ0v) is 12.1. The Morgan fingerprint density at radius 2 is 2.25 bits per heavy atom. The average molecular weight is 274 g/mol. The number of carbonyl (C=O) groups excluding carboxylic acids is 1. The van der Waals surface area contributed by atoms with Gasteiger partial charge in [-0.3, -0.25) is 4.79 Å². The highest BCUT2D eigenvalue weighted by Crippen LogP contribution is 2.35. The largest absolute Gasteiger partial charge is 0.482 e. The number of hydrogen-bond acceptors (Lipinski definition) is 3. The summed E-state index contributed by atoms with van der Waals surface area (Å²) in [6, 6.07) is 5.81. The van der Waals surface area contributed by atoms with Gasteiger partial charge in [0.2, 0.25) is 0 Å². The number of nitrogens with zero attached hydrogens (tertiary/aromatic N) is 1. The van der Waals surface area contributed by atoms with E-state index in [1.807, 2.05) is 18.2 Å². The van der Waals surface area contributed by atoms with Gasteiger partial charge in [-0.1, -0.05) is 26.0 Å². The second kappa shape index (κ2) is 6.09. The number of nitrogens with two attached hydrogens (primary N) is 1. The molecule has 1 atom stereocenters. The Morgan fingerprint density at radius 3 is 2.90 bits per heavy atom. The van der Waals surface area contributed by atoms with Gasteiger partial charge in [0.05, 0.1) is 5.69 Å². The van der Waals surface area contributed by atoms with E-state index < -0.39 is 0 Å². The van der Waals surface area contributed by atoms with Gasteiger partial charge in [-0.15, -0.1) is 6.58 Å². The van der Waals surface area contributed by atoms with Crippen molar-refractivity contribution < 1.29 is 9.53 Å². The molecule has 1 aromatic carbocycles. The molecule has 0 aromatic heterocycles. The van der Waals surface area contributed by atoms with Crippen LogP contribution >= 0.6 is 0 Å². The summed E-state index contributed by atoms with van der Waals surface area (Å²) in [5, 5.41) is 0. The Labute approximate surface area is 120 Å². The van der Waals surface area contributed by atoms with Gasteiger partial charge in [-0.25, -0.2) is 0 Å². The van der Waals surface area contributed by atoms with E-state index in [1.54, 1.807) is 11.0 Å². The Morgan fingerprint density at radius 1 is 1.50 bits per heavy atom. The van der Waals surface area contributed by atoms with Crippen LogP contribution < -0.4 is 15.4 Å². The van der Waals surface area contributed by atoms with E-state index in [9.17, 15) is 4.79 Å². The first-order valence-corrected chi connectivity index (χ1v) is 6.96. The molecule has 0 radical (unpaired) electrons. The molecule has 2 rings (SSSR count). The van der Waals surface area contributed by atoms with Gasteiger partial charge in [0.25, 0.3) is 5.91 Å². The predicted molar refractivity (Wildman–Crippen MR) is 80.9 cm³/mol. The van der Waals surface area contributed by atoms with Gasteiger partial charge in [-0.2, -0.15) is 0 Å². The number of benzene rings is 1. The maximum absolute atomic E-state index is 11.9. The van der Waals surface area contributed by atoms with E-state index in [-0.39, 0.29) is 18.6 Å². The Kier molecular flexibility index (Phi) is 4.45. The lowest BCUT2D eigenvalue weighted by molar-refractivity contribution is -0.121. The molecule has 0 saturated heterocycles. The third-order valence-electron chi connectivity index (χ3n) is 3.39. The number of fused-ring (bicyclic) bond motifs is 1. The summed E-state index contributed by atoms with van der Waals surface area (Å²) in [4.78, 5) is 13.6. The van der Waals surface area contributed by atoms with Crippen LogP contribution in [0.25, 0.3) is 0 Å². The lowest BCUT2D eigenvalue weighted by Gasteiger charge is -2.29. The molecule has 0 fully saturated rings. The zero-order valence-electron chi connectivity index (χ0n) is 12.1. The van der Waals surface area contributed by atoms with Gasteiger partial charge < -0.3 is 15.4 Å². The first-order chi connectivity index (χ1) is 9.52. The molecule has 0 bridgehead atoms. The summed E-state index contributed by atoms with van der Waals surface area (Å²) < 4.78 is 5.46. The Balaban J connectivity index is 2.32. The molecule has 20 heavy (non-hydrogen) atoms. The SMILES string of the molecule is C=CCN1C(=O)COc2ccc(C(N)CC(C)C)cc21. The standard InChI is InChI=1S/C16H22N2O2/c1-4-7-18-14-9-12(13(17)8-11(2)3)5-6-15(14)20-10-16(18)19/h4-6,9,11,13H,1,7-8,10,17H2,2-3H3. The highest BCUT2D eigenvalue weighted by Gasteiger charge is 2.25. The second-order valence-corrected chi connectivity index (χ2v) is 5.54. The number of anilines is 1. The third kappa shape index (κ3) is 3.02. The quantitative estimate of drug-likeness (QED) is 0.840. The van der Waals surface area contributed by atoms with Crippen LogP contribution in [0.15, 0.2) is 30.9 Å². The van der Waals surface area contributed by atoms with Crippen molar-refractivity contribution in [2.45, 2.75) is 26.3 Å². The van der Waals surface area contributed by atoms with E-state index >= 15 is 0 Å². The van der Waals surface area contributed by atoms with Crippen LogP contribution in [0.5, 0.6) is 5.75 Å². The summed E-state index contributed by atoms with van der Waals surface area (Å²) >= 11 is 0. The molecule has 0 aliphatic carbocycles. The fourth-order valence-electron chi connectivity index (χ4n) is 2.42. The van der Waals surface area contributed by atoms with Gasteiger partial charge in [0, 0.05) is 12.6 Å². The first kappa shape index (κ1) is 14.6. The fourth-order valence-corrected chi connectivity index (χ4v) is 2.42. The average Bonchev–Trinajstić information content (AvgIpc) is 2.41. The van der Waals surface area contributed by atoms with Crippen molar-refractivity contribution >= 4 is 11.6 Å². The van der Waals surface area contributed by atoms with Gasteiger partial charge in [-0.05, 0) is 30.0 Å². The van der Waals surface area contributed by atoms with Gasteiger partial charge >= 0.3 is 0 Å². The highest BCUT2D eigenvalue weighted by atomic mass is 16.5. The predicted octanol–water partition coefficient (Wildman–Crippen LogP) is 2.64. The fraction of sp³-hybridized carbons (Fsp3) is 0.438. The molecule has 1 aromatic rings. The maximum atomic E-state index is 11.9. The van der Waals surface area contributed by atoms with Crippen molar-refractivity contribution in [1.82, 2.24) is 0 Å². The lowest BCUT2D eigenvalue weighted by Crippen LogP contribution is -2.39. The normalized spacial score (nSPS) is 15.8. The second-order valence-electron chi connectivity index (χ2n) is 5.54. The Bertz CT molecular complexity index is 511. The summed E-state index contributed by atoms with van der Waals surface area (Å²) in [6.45, 7) is 8.56. The van der Waals surface area contributed by atoms with Gasteiger partial charge in [0.15, 0.2) is 6.61 Å². The maximum Gasteiger partial charge on any atom is 0.265 e. The van der Waals surface area contributed by atoms with Crippen molar-refractivity contribution in [2.24, 2.45) is 11.7 Å². The third-order valence-corrected chi connectivity index (χ3v) is 3.39. The molecule has 2 N–H and O–H groups in total. The van der Waals surface area contributed by atoms with Crippen molar-refractivity contribution in [3.63, 3.8) is 0 Å². The number of carbonyl (C=O) groups is 1. The topological polar surface area (TPSA) is 55.6 Å². The molecule has 0 spiro atoms. The molecular formula is C16H22N2O2. The molecule has 4 heteroatoms. The molecular weight excluding hydrogens is 252 g/mol. The molecule has 108 valence electrons. The van der Waals surface area contributed by atoms with Crippen molar-refractivity contribution in [3.05, 3.63) is 36.4 Å². The molecule has 1 amide bonds. The minimum atomic E-state index is -0.0491. The molecule has 4 nitrogen and oxygen atoms in total. The lowest BCUT2D eigenvalue weighted by atomic mass is 9.97. The number of amides is 1. The minimum absolute atomic E-state index is 0.0251. The van der Waals surface area contributed by atoms with Crippen molar-refractivity contribution in [1.29, 1.82) is 0 Å². The summed E-state index contributed by atoms with van der Waals surface area (Å²) in [5.41, 5.74) is 8.04. The number of hydrogen-bond donors (Lipinski definition) is 1. The van der Waals surface area contributed by atoms with Crippen LogP contribution in [-0.4, -0.2) is 19.1 Å². The minimum Gasteiger partial charge on any atom is -0.482 e. The van der Waals surface area contributed by atoms with E-state index in [4.69, 9.17) is 10.5 Å². The first-order valence-electron chi connectivity index (χ1n) is 6.96. The van der Waals surface area contributed by atoms with Crippen molar-refractivity contribution in [3.8, 4) is 5.75 Å². The van der Waals surface area contributed by atoms with E-state index in [2.05, 4.69) is 20.4 Å². The van der Waals surface area contributed by atoms with E-state index in [0.717, 1.165) is 23.4 Å². The highest BCUT2D eigenvalue weighted by molar-refractivity contribution is 5.98. The Hall–Kier alpha value is -1.81. The van der Waals surface area contributed by atoms with Crippen LogP contribution in [0.3, 0.4) is 0 Å².